The number of non-ortho nitro benzene ring substituents is 1. The standard InChI is InChI=1S/C17H16N2O7/c20-14(10-26-13-8-6-12(7-9-13)19(24)25)18-15(17(22)23)16(21)11-4-2-1-3-5-11/h1-9,15-16,21H,10H2,(H,18,20)(H,22,23)/p-1/t15-,16-/m0/s1. The maximum Gasteiger partial charge on any atom is 0.269 e. The Morgan fingerprint density at radius 3 is 2.27 bits per heavy atom. The van der Waals surface area contributed by atoms with Crippen LogP contribution in [0.25, 0.3) is 0 Å². The molecular weight excluding hydrogens is 344 g/mol. The fourth-order valence-electron chi connectivity index (χ4n) is 2.14. The molecule has 0 saturated carbocycles. The molecule has 0 spiro atoms. The minimum Gasteiger partial charge on any atom is -0.548 e. The van der Waals surface area contributed by atoms with Crippen molar-refractivity contribution in [2.45, 2.75) is 12.1 Å². The molecule has 2 rings (SSSR count). The lowest BCUT2D eigenvalue weighted by Crippen LogP contribution is -2.52. The van der Waals surface area contributed by atoms with Crippen LogP contribution in [-0.4, -0.2) is 34.6 Å². The summed E-state index contributed by atoms with van der Waals surface area (Å²) >= 11 is 0. The zero-order chi connectivity index (χ0) is 19.1. The average molecular weight is 359 g/mol. The highest BCUT2D eigenvalue weighted by Crippen LogP contribution is 2.18. The van der Waals surface area contributed by atoms with Gasteiger partial charge in [-0.2, -0.15) is 0 Å². The lowest BCUT2D eigenvalue weighted by molar-refractivity contribution is -0.384. The number of aliphatic hydroxyl groups is 1. The highest BCUT2D eigenvalue weighted by atomic mass is 16.6. The number of carboxylic acid groups (broad SMARTS) is 1. The van der Waals surface area contributed by atoms with E-state index in [0.29, 0.717) is 5.56 Å². The number of ether oxygens (including phenoxy) is 1. The summed E-state index contributed by atoms with van der Waals surface area (Å²) in [6, 6.07) is 11.3. The number of amides is 1. The van der Waals surface area contributed by atoms with Gasteiger partial charge in [0.25, 0.3) is 11.6 Å². The molecule has 2 aromatic rings. The van der Waals surface area contributed by atoms with Crippen LogP contribution in [0.5, 0.6) is 5.75 Å². The lowest BCUT2D eigenvalue weighted by Gasteiger charge is -2.25. The molecule has 1 amide bonds. The van der Waals surface area contributed by atoms with Gasteiger partial charge in [0.05, 0.1) is 16.9 Å². The Kier molecular flexibility index (Phi) is 6.23. The molecule has 9 heteroatoms. The molecule has 0 radical (unpaired) electrons. The molecule has 0 aliphatic rings. The lowest BCUT2D eigenvalue weighted by atomic mass is 10.0. The zero-order valence-corrected chi connectivity index (χ0v) is 13.4. The van der Waals surface area contributed by atoms with Crippen LogP contribution in [0, 0.1) is 10.1 Å². The molecule has 0 fully saturated rings. The van der Waals surface area contributed by atoms with Crippen molar-refractivity contribution in [3.63, 3.8) is 0 Å². The Hall–Kier alpha value is -3.46. The first-order chi connectivity index (χ1) is 12.4. The smallest absolute Gasteiger partial charge is 0.269 e. The average Bonchev–Trinajstić information content (AvgIpc) is 2.64. The minimum atomic E-state index is -1.66. The minimum absolute atomic E-state index is 0.134. The number of nitro groups is 1. The Labute approximate surface area is 148 Å². The van der Waals surface area contributed by atoms with Crippen LogP contribution in [0.15, 0.2) is 54.6 Å². The van der Waals surface area contributed by atoms with E-state index in [2.05, 4.69) is 5.32 Å². The quantitative estimate of drug-likeness (QED) is 0.497. The van der Waals surface area contributed by atoms with E-state index in [4.69, 9.17) is 4.74 Å². The van der Waals surface area contributed by atoms with Crippen molar-refractivity contribution >= 4 is 17.6 Å². The van der Waals surface area contributed by atoms with Crippen molar-refractivity contribution in [3.8, 4) is 5.75 Å². The van der Waals surface area contributed by atoms with Crippen molar-refractivity contribution in [2.24, 2.45) is 0 Å². The summed E-state index contributed by atoms with van der Waals surface area (Å²) in [4.78, 5) is 33.1. The first-order valence-corrected chi connectivity index (χ1v) is 7.49. The molecule has 26 heavy (non-hydrogen) atoms. The number of carbonyl (C=O) groups excluding carboxylic acids is 2. The highest BCUT2D eigenvalue weighted by Gasteiger charge is 2.24. The van der Waals surface area contributed by atoms with Gasteiger partial charge in [-0.3, -0.25) is 14.9 Å². The van der Waals surface area contributed by atoms with Gasteiger partial charge in [0.2, 0.25) is 0 Å². The molecule has 2 atom stereocenters. The van der Waals surface area contributed by atoms with Crippen molar-refractivity contribution in [3.05, 3.63) is 70.3 Å². The molecule has 0 unspecified atom stereocenters. The summed E-state index contributed by atoms with van der Waals surface area (Å²) in [6.45, 7) is -0.539. The molecular formula is C17H15N2O7-. The van der Waals surface area contributed by atoms with Crippen LogP contribution < -0.4 is 15.2 Å². The number of aliphatic hydroxyl groups excluding tert-OH is 1. The van der Waals surface area contributed by atoms with Crippen LogP contribution in [0.1, 0.15) is 11.7 Å². The van der Waals surface area contributed by atoms with Crippen molar-refractivity contribution in [1.82, 2.24) is 5.32 Å². The molecule has 2 aromatic carbocycles. The van der Waals surface area contributed by atoms with Gasteiger partial charge in [-0.05, 0) is 17.7 Å². The van der Waals surface area contributed by atoms with E-state index >= 15 is 0 Å². The number of carboxylic acids is 1. The summed E-state index contributed by atoms with van der Waals surface area (Å²) in [5, 5.41) is 34.1. The summed E-state index contributed by atoms with van der Waals surface area (Å²) in [7, 11) is 0. The Bertz CT molecular complexity index is 777. The first-order valence-electron chi connectivity index (χ1n) is 7.49. The molecule has 0 heterocycles. The monoisotopic (exact) mass is 359 g/mol. The van der Waals surface area contributed by atoms with E-state index < -0.39 is 35.6 Å². The van der Waals surface area contributed by atoms with E-state index in [1.54, 1.807) is 18.2 Å². The predicted molar refractivity (Wildman–Crippen MR) is 86.9 cm³/mol. The maximum absolute atomic E-state index is 11.9. The van der Waals surface area contributed by atoms with Crippen LogP contribution >= 0.6 is 0 Å². The number of nitro benzene ring substituents is 1. The number of carbonyl (C=O) groups is 2. The van der Waals surface area contributed by atoms with E-state index in [1.807, 2.05) is 0 Å². The molecule has 0 aliphatic heterocycles. The number of aliphatic carboxylic acids is 1. The molecule has 9 nitrogen and oxygen atoms in total. The van der Waals surface area contributed by atoms with Gasteiger partial charge < -0.3 is 25.1 Å². The van der Waals surface area contributed by atoms with Crippen molar-refractivity contribution in [1.29, 1.82) is 0 Å². The van der Waals surface area contributed by atoms with Gasteiger partial charge >= 0.3 is 0 Å². The normalized spacial score (nSPS) is 12.7. The summed E-state index contributed by atoms with van der Waals surface area (Å²) in [5.74, 6) is -2.25. The zero-order valence-electron chi connectivity index (χ0n) is 13.4. The number of nitrogens with one attached hydrogen (secondary N) is 1. The van der Waals surface area contributed by atoms with Gasteiger partial charge in [-0.25, -0.2) is 0 Å². The molecule has 0 bridgehead atoms. The van der Waals surface area contributed by atoms with Gasteiger partial charge in [0.1, 0.15) is 11.9 Å². The van der Waals surface area contributed by atoms with Crippen LogP contribution in [0.4, 0.5) is 5.69 Å². The largest absolute Gasteiger partial charge is 0.548 e. The summed E-state index contributed by atoms with van der Waals surface area (Å²) in [5.41, 5.74) is 0.170. The third-order valence-corrected chi connectivity index (χ3v) is 3.44. The fourth-order valence-corrected chi connectivity index (χ4v) is 2.14. The van der Waals surface area contributed by atoms with Crippen molar-refractivity contribution in [2.75, 3.05) is 6.61 Å². The molecule has 2 N–H and O–H groups in total. The SMILES string of the molecule is O=C(COc1ccc([N+](=O)[O-])cc1)N[C@H](C(=O)[O-])[C@@H](O)c1ccccc1. The number of hydrogen-bond donors (Lipinski definition) is 2. The third kappa shape index (κ3) is 5.02. The number of benzene rings is 2. The topological polar surface area (TPSA) is 142 Å². The number of nitrogens with zero attached hydrogens (tertiary/aromatic N) is 1. The van der Waals surface area contributed by atoms with Crippen LogP contribution in [0.2, 0.25) is 0 Å². The fraction of sp³-hybridized carbons (Fsp3) is 0.176. The second kappa shape index (κ2) is 8.58. The van der Waals surface area contributed by atoms with Crippen LogP contribution in [-0.2, 0) is 9.59 Å². The van der Waals surface area contributed by atoms with Gasteiger partial charge in [-0.1, -0.05) is 30.3 Å². The third-order valence-electron chi connectivity index (χ3n) is 3.44. The Morgan fingerprint density at radius 2 is 1.73 bits per heavy atom. The van der Waals surface area contributed by atoms with Gasteiger partial charge in [0, 0.05) is 12.1 Å². The Morgan fingerprint density at radius 1 is 1.12 bits per heavy atom. The summed E-state index contributed by atoms with van der Waals surface area (Å²) in [6.07, 6.45) is -1.50. The number of rotatable bonds is 8. The van der Waals surface area contributed by atoms with Crippen molar-refractivity contribution < 1.29 is 29.5 Å². The second-order valence-corrected chi connectivity index (χ2v) is 5.26. The van der Waals surface area contributed by atoms with E-state index in [9.17, 15) is 29.9 Å². The van der Waals surface area contributed by atoms with E-state index in [-0.39, 0.29) is 11.4 Å². The highest BCUT2D eigenvalue weighted by molar-refractivity contribution is 5.84. The maximum atomic E-state index is 11.9. The summed E-state index contributed by atoms with van der Waals surface area (Å²) < 4.78 is 5.14. The van der Waals surface area contributed by atoms with E-state index in [0.717, 1.165) is 0 Å². The predicted octanol–water partition coefficient (Wildman–Crippen LogP) is -0.0581. The molecule has 136 valence electrons. The second-order valence-electron chi connectivity index (χ2n) is 5.26. The van der Waals surface area contributed by atoms with Gasteiger partial charge in [-0.15, -0.1) is 0 Å². The van der Waals surface area contributed by atoms with Crippen LogP contribution in [0.3, 0.4) is 0 Å². The Balaban J connectivity index is 1.95. The van der Waals surface area contributed by atoms with E-state index in [1.165, 1.54) is 36.4 Å². The van der Waals surface area contributed by atoms with Gasteiger partial charge in [0.15, 0.2) is 6.61 Å². The first kappa shape index (κ1) is 18.9. The molecule has 0 aromatic heterocycles. The molecule has 0 saturated heterocycles. The molecule has 0 aliphatic carbocycles. The number of hydrogen-bond acceptors (Lipinski definition) is 7.